The molecular weight excluding hydrogens is 190 g/mol. The van der Waals surface area contributed by atoms with Crippen molar-refractivity contribution in [3.8, 4) is 0 Å². The summed E-state index contributed by atoms with van der Waals surface area (Å²) in [5.74, 6) is 0. The maximum Gasteiger partial charge on any atom is 0.336 e. The molecule has 0 amide bonds. The average Bonchev–Trinajstić information content (AvgIpc) is 2.06. The Balaban J connectivity index is 2.95. The van der Waals surface area contributed by atoms with Crippen molar-refractivity contribution in [1.82, 2.24) is 0 Å². The topological polar surface area (TPSA) is 56.2 Å². The van der Waals surface area contributed by atoms with Gasteiger partial charge >= 0.3 is 5.63 Å². The van der Waals surface area contributed by atoms with Crippen LogP contribution >= 0.6 is 11.6 Å². The zero-order valence-corrected chi connectivity index (χ0v) is 7.34. The molecule has 2 aromatic rings. The van der Waals surface area contributed by atoms with E-state index in [0.717, 1.165) is 5.39 Å². The SMILES string of the molecule is Nc1cc(Cl)cc2ccc(=O)oc12. The lowest BCUT2D eigenvalue weighted by Crippen LogP contribution is -1.96. The van der Waals surface area contributed by atoms with E-state index in [2.05, 4.69) is 0 Å². The summed E-state index contributed by atoms with van der Waals surface area (Å²) >= 11 is 5.76. The molecule has 0 saturated carbocycles. The van der Waals surface area contributed by atoms with Crippen molar-refractivity contribution < 1.29 is 4.42 Å². The maximum atomic E-state index is 10.9. The molecule has 4 heteroatoms. The predicted molar refractivity (Wildman–Crippen MR) is 51.9 cm³/mol. The van der Waals surface area contributed by atoms with E-state index in [1.807, 2.05) is 0 Å². The highest BCUT2D eigenvalue weighted by atomic mass is 35.5. The Morgan fingerprint density at radius 3 is 2.85 bits per heavy atom. The Bertz CT molecular complexity index is 518. The zero-order valence-electron chi connectivity index (χ0n) is 6.58. The lowest BCUT2D eigenvalue weighted by molar-refractivity contribution is 0.562. The molecule has 1 aromatic heterocycles. The number of halogens is 1. The Morgan fingerprint density at radius 1 is 1.31 bits per heavy atom. The van der Waals surface area contributed by atoms with Gasteiger partial charge in [-0.2, -0.15) is 0 Å². The Hall–Kier alpha value is -1.48. The van der Waals surface area contributed by atoms with E-state index >= 15 is 0 Å². The highest BCUT2D eigenvalue weighted by Crippen LogP contribution is 2.24. The van der Waals surface area contributed by atoms with Gasteiger partial charge in [0.2, 0.25) is 0 Å². The van der Waals surface area contributed by atoms with Gasteiger partial charge in [-0.25, -0.2) is 4.79 Å². The van der Waals surface area contributed by atoms with E-state index in [-0.39, 0.29) is 0 Å². The van der Waals surface area contributed by atoms with Gasteiger partial charge in [0.25, 0.3) is 0 Å². The number of anilines is 1. The average molecular weight is 196 g/mol. The third-order valence-corrected chi connectivity index (χ3v) is 1.93. The van der Waals surface area contributed by atoms with Gasteiger partial charge in [0, 0.05) is 16.5 Å². The Morgan fingerprint density at radius 2 is 2.08 bits per heavy atom. The summed E-state index contributed by atoms with van der Waals surface area (Å²) in [5.41, 5.74) is 5.95. The fraction of sp³-hybridized carbons (Fsp3) is 0. The molecule has 0 saturated heterocycles. The fourth-order valence-electron chi connectivity index (χ4n) is 1.17. The smallest absolute Gasteiger partial charge is 0.336 e. The molecule has 66 valence electrons. The van der Waals surface area contributed by atoms with Gasteiger partial charge in [-0.15, -0.1) is 0 Å². The molecule has 1 aromatic carbocycles. The molecule has 0 atom stereocenters. The van der Waals surface area contributed by atoms with Crippen LogP contribution in [0, 0.1) is 0 Å². The van der Waals surface area contributed by atoms with Gasteiger partial charge < -0.3 is 10.2 Å². The molecule has 1 heterocycles. The monoisotopic (exact) mass is 195 g/mol. The van der Waals surface area contributed by atoms with E-state index in [4.69, 9.17) is 21.8 Å². The summed E-state index contributed by atoms with van der Waals surface area (Å²) in [6, 6.07) is 6.20. The lowest BCUT2D eigenvalue weighted by Gasteiger charge is -1.99. The number of nitrogen functional groups attached to an aromatic ring is 1. The number of rotatable bonds is 0. The van der Waals surface area contributed by atoms with Gasteiger partial charge in [0.15, 0.2) is 5.58 Å². The minimum atomic E-state index is -0.415. The fourth-order valence-corrected chi connectivity index (χ4v) is 1.41. The summed E-state index contributed by atoms with van der Waals surface area (Å²) in [7, 11) is 0. The molecule has 0 aliphatic heterocycles. The summed E-state index contributed by atoms with van der Waals surface area (Å²) in [6.45, 7) is 0. The molecule has 0 radical (unpaired) electrons. The molecule has 0 fully saturated rings. The quantitative estimate of drug-likeness (QED) is 0.517. The van der Waals surface area contributed by atoms with Crippen molar-refractivity contribution in [3.63, 3.8) is 0 Å². The minimum Gasteiger partial charge on any atom is -0.421 e. The van der Waals surface area contributed by atoms with Crippen LogP contribution in [0.15, 0.2) is 33.5 Å². The summed E-state index contributed by atoms with van der Waals surface area (Å²) in [6.07, 6.45) is 0. The standard InChI is InChI=1S/C9H6ClNO2/c10-6-3-5-1-2-8(12)13-9(5)7(11)4-6/h1-4H,11H2. The van der Waals surface area contributed by atoms with E-state index in [9.17, 15) is 4.79 Å². The molecule has 3 nitrogen and oxygen atoms in total. The zero-order chi connectivity index (χ0) is 9.42. The van der Waals surface area contributed by atoms with Gasteiger partial charge in [0.1, 0.15) is 0 Å². The lowest BCUT2D eigenvalue weighted by atomic mass is 10.2. The third-order valence-electron chi connectivity index (χ3n) is 1.71. The number of benzene rings is 1. The first-order valence-corrected chi connectivity index (χ1v) is 4.03. The summed E-state index contributed by atoms with van der Waals surface area (Å²) < 4.78 is 4.91. The van der Waals surface area contributed by atoms with Crippen molar-refractivity contribution in [2.75, 3.05) is 5.73 Å². The highest BCUT2D eigenvalue weighted by molar-refractivity contribution is 6.31. The van der Waals surface area contributed by atoms with Crippen molar-refractivity contribution in [2.24, 2.45) is 0 Å². The van der Waals surface area contributed by atoms with Crippen LogP contribution in [0.25, 0.3) is 11.0 Å². The predicted octanol–water partition coefficient (Wildman–Crippen LogP) is 2.03. The van der Waals surface area contributed by atoms with Crippen LogP contribution in [0.5, 0.6) is 0 Å². The largest absolute Gasteiger partial charge is 0.421 e. The second-order valence-corrected chi connectivity index (χ2v) is 3.10. The van der Waals surface area contributed by atoms with Crippen LogP contribution < -0.4 is 11.4 Å². The normalized spacial score (nSPS) is 10.5. The van der Waals surface area contributed by atoms with Crippen LogP contribution in [0.4, 0.5) is 5.69 Å². The second kappa shape index (κ2) is 2.78. The molecule has 0 bridgehead atoms. The molecule has 0 unspecified atom stereocenters. The maximum absolute atomic E-state index is 10.9. The van der Waals surface area contributed by atoms with Crippen LogP contribution in [-0.2, 0) is 0 Å². The Labute approximate surface area is 78.7 Å². The first kappa shape index (κ1) is 8.13. The van der Waals surface area contributed by atoms with Crippen LogP contribution in [0.3, 0.4) is 0 Å². The molecule has 13 heavy (non-hydrogen) atoms. The van der Waals surface area contributed by atoms with E-state index in [1.54, 1.807) is 18.2 Å². The number of hydrogen-bond donors (Lipinski definition) is 1. The molecular formula is C9H6ClNO2. The number of fused-ring (bicyclic) bond motifs is 1. The number of hydrogen-bond acceptors (Lipinski definition) is 3. The van der Waals surface area contributed by atoms with Gasteiger partial charge in [-0.3, -0.25) is 0 Å². The van der Waals surface area contributed by atoms with Crippen LogP contribution in [-0.4, -0.2) is 0 Å². The van der Waals surface area contributed by atoms with Crippen molar-refractivity contribution in [3.05, 3.63) is 39.7 Å². The second-order valence-electron chi connectivity index (χ2n) is 2.67. The van der Waals surface area contributed by atoms with E-state index in [0.29, 0.717) is 16.3 Å². The van der Waals surface area contributed by atoms with Crippen LogP contribution in [0.2, 0.25) is 5.02 Å². The van der Waals surface area contributed by atoms with Crippen molar-refractivity contribution >= 4 is 28.3 Å². The van der Waals surface area contributed by atoms with E-state index in [1.165, 1.54) is 6.07 Å². The van der Waals surface area contributed by atoms with Gasteiger partial charge in [-0.1, -0.05) is 11.6 Å². The summed E-state index contributed by atoms with van der Waals surface area (Å²) in [5, 5.41) is 1.25. The molecule has 2 rings (SSSR count). The highest BCUT2D eigenvalue weighted by Gasteiger charge is 2.02. The van der Waals surface area contributed by atoms with Crippen molar-refractivity contribution in [2.45, 2.75) is 0 Å². The molecule has 0 spiro atoms. The molecule has 0 aliphatic carbocycles. The summed E-state index contributed by atoms with van der Waals surface area (Å²) in [4.78, 5) is 10.9. The number of nitrogens with two attached hydrogens (primary N) is 1. The van der Waals surface area contributed by atoms with E-state index < -0.39 is 5.63 Å². The van der Waals surface area contributed by atoms with Crippen molar-refractivity contribution in [1.29, 1.82) is 0 Å². The Kier molecular flexibility index (Phi) is 1.74. The first-order valence-electron chi connectivity index (χ1n) is 3.66. The van der Waals surface area contributed by atoms with Crippen LogP contribution in [0.1, 0.15) is 0 Å². The van der Waals surface area contributed by atoms with Gasteiger partial charge in [0.05, 0.1) is 5.69 Å². The van der Waals surface area contributed by atoms with Gasteiger partial charge in [-0.05, 0) is 18.2 Å². The third kappa shape index (κ3) is 1.38. The molecule has 2 N–H and O–H groups in total. The molecule has 0 aliphatic rings. The first-order chi connectivity index (χ1) is 6.16. The minimum absolute atomic E-state index is 0.375.